The summed E-state index contributed by atoms with van der Waals surface area (Å²) in [5.74, 6) is -1.11. The van der Waals surface area contributed by atoms with Gasteiger partial charge in [-0.05, 0) is 161 Å². The average Bonchev–Trinajstić information content (AvgIpc) is 3.47. The van der Waals surface area contributed by atoms with Gasteiger partial charge in [-0.3, -0.25) is 14.4 Å². The zero-order chi connectivity index (χ0) is 58.5. The van der Waals surface area contributed by atoms with Gasteiger partial charge in [-0.25, -0.2) is 0 Å². The number of hydrogen-bond acceptors (Lipinski definition) is 6. The Balaban J connectivity index is 4.66. The molecule has 0 radical (unpaired) electrons. The topological polar surface area (TPSA) is 78.9 Å². The Morgan fingerprint density at radius 3 is 0.716 bits per heavy atom. The number of hydrogen-bond donors (Lipinski definition) is 0. The van der Waals surface area contributed by atoms with Crippen LogP contribution in [0.5, 0.6) is 0 Å². The maximum atomic E-state index is 12.9. The van der Waals surface area contributed by atoms with Crippen LogP contribution in [0.2, 0.25) is 0 Å². The Morgan fingerprint density at radius 2 is 0.469 bits per heavy atom. The molecule has 0 aliphatic rings. The lowest BCUT2D eigenvalue weighted by atomic mass is 10.1. The molecular weight excluding hydrogens is 997 g/mol. The lowest BCUT2D eigenvalue weighted by molar-refractivity contribution is -0.166. The van der Waals surface area contributed by atoms with Crippen molar-refractivity contribution in [1.29, 1.82) is 0 Å². The van der Waals surface area contributed by atoms with Crippen molar-refractivity contribution in [3.63, 3.8) is 0 Å². The summed E-state index contributed by atoms with van der Waals surface area (Å²) in [4.78, 5) is 38.3. The highest BCUT2D eigenvalue weighted by atomic mass is 16.6. The Labute approximate surface area is 495 Å². The highest BCUT2D eigenvalue weighted by Gasteiger charge is 2.19. The van der Waals surface area contributed by atoms with Crippen LogP contribution in [0.15, 0.2) is 219 Å². The highest BCUT2D eigenvalue weighted by molar-refractivity contribution is 5.71. The first-order valence-corrected chi connectivity index (χ1v) is 31.2. The minimum absolute atomic E-state index is 0.150. The van der Waals surface area contributed by atoms with Crippen LogP contribution in [0.4, 0.5) is 0 Å². The Bertz CT molecular complexity index is 2050. The van der Waals surface area contributed by atoms with E-state index in [9.17, 15) is 14.4 Å². The first-order chi connectivity index (χ1) is 40.0. The van der Waals surface area contributed by atoms with Crippen LogP contribution in [0.25, 0.3) is 0 Å². The van der Waals surface area contributed by atoms with E-state index >= 15 is 0 Å². The van der Waals surface area contributed by atoms with E-state index in [0.717, 1.165) is 154 Å². The van der Waals surface area contributed by atoms with Gasteiger partial charge in [0.25, 0.3) is 0 Å². The molecule has 81 heavy (non-hydrogen) atoms. The maximum Gasteiger partial charge on any atom is 0.306 e. The molecule has 0 aliphatic carbocycles. The molecule has 0 fully saturated rings. The molecule has 0 aromatic heterocycles. The van der Waals surface area contributed by atoms with Crippen LogP contribution in [-0.4, -0.2) is 37.2 Å². The maximum absolute atomic E-state index is 12.9. The number of rotatable bonds is 53. The van der Waals surface area contributed by atoms with Crippen LogP contribution < -0.4 is 0 Å². The first-order valence-electron chi connectivity index (χ1n) is 31.2. The lowest BCUT2D eigenvalue weighted by Crippen LogP contribution is -2.30. The van der Waals surface area contributed by atoms with E-state index in [1.54, 1.807) is 0 Å². The Kier molecular flexibility index (Phi) is 61.1. The fourth-order valence-corrected chi connectivity index (χ4v) is 7.41. The summed E-state index contributed by atoms with van der Waals surface area (Å²) < 4.78 is 16.8. The largest absolute Gasteiger partial charge is 0.462 e. The second-order valence-electron chi connectivity index (χ2n) is 19.5. The van der Waals surface area contributed by atoms with Gasteiger partial charge in [0, 0.05) is 19.3 Å². The molecule has 0 aromatic carbocycles. The molecule has 6 heteroatoms. The van der Waals surface area contributed by atoms with Gasteiger partial charge < -0.3 is 14.2 Å². The number of ether oxygens (including phenoxy) is 3. The molecular formula is C75H110O6. The third-order valence-corrected chi connectivity index (χ3v) is 12.0. The summed E-state index contributed by atoms with van der Waals surface area (Å²) in [6, 6.07) is 0. The predicted molar refractivity (Wildman–Crippen MR) is 352 cm³/mol. The van der Waals surface area contributed by atoms with Gasteiger partial charge >= 0.3 is 17.9 Å². The SMILES string of the molecule is CC/C=C\C/C=C\C/C=C\C/C=C\C/C=C\C/C=C\C/C=C\CCCCCC(=O)OCC(COC(=O)CCCCC/C=C\C/C=C\C/C=C\C/C=C\C/C=C\CC)OC(=O)CC/C=C\C/C=C\C/C=C\C/C=C\C/C=C\C/C=C\CC. The zero-order valence-electron chi connectivity index (χ0n) is 50.9. The van der Waals surface area contributed by atoms with Crippen molar-refractivity contribution in [2.45, 2.75) is 219 Å². The summed E-state index contributed by atoms with van der Waals surface area (Å²) in [6.07, 6.45) is 104. The molecule has 0 rings (SSSR count). The van der Waals surface area contributed by atoms with Gasteiger partial charge in [-0.1, -0.05) is 252 Å². The van der Waals surface area contributed by atoms with Gasteiger partial charge in [0.05, 0.1) is 0 Å². The van der Waals surface area contributed by atoms with E-state index in [4.69, 9.17) is 14.2 Å². The summed E-state index contributed by atoms with van der Waals surface area (Å²) in [7, 11) is 0. The molecule has 0 spiro atoms. The minimum Gasteiger partial charge on any atom is -0.462 e. The molecule has 0 aliphatic heterocycles. The fourth-order valence-electron chi connectivity index (χ4n) is 7.41. The van der Waals surface area contributed by atoms with Crippen molar-refractivity contribution in [1.82, 2.24) is 0 Å². The first kappa shape index (κ1) is 74.7. The highest BCUT2D eigenvalue weighted by Crippen LogP contribution is 2.10. The third-order valence-electron chi connectivity index (χ3n) is 12.0. The molecule has 0 heterocycles. The third kappa shape index (κ3) is 64.4. The van der Waals surface area contributed by atoms with Crippen molar-refractivity contribution in [3.05, 3.63) is 219 Å². The Hall–Kier alpha value is -6.27. The average molecular weight is 1110 g/mol. The lowest BCUT2D eigenvalue weighted by Gasteiger charge is -2.18. The molecule has 0 aromatic rings. The van der Waals surface area contributed by atoms with Crippen molar-refractivity contribution in [3.8, 4) is 0 Å². The number of unbranched alkanes of at least 4 members (excludes halogenated alkanes) is 6. The van der Waals surface area contributed by atoms with Gasteiger partial charge in [-0.15, -0.1) is 0 Å². The van der Waals surface area contributed by atoms with Crippen LogP contribution in [-0.2, 0) is 28.6 Å². The molecule has 1 atom stereocenters. The van der Waals surface area contributed by atoms with E-state index in [0.29, 0.717) is 19.3 Å². The molecule has 0 saturated heterocycles. The van der Waals surface area contributed by atoms with E-state index < -0.39 is 12.1 Å². The van der Waals surface area contributed by atoms with Gasteiger partial charge in [0.1, 0.15) is 13.2 Å². The van der Waals surface area contributed by atoms with E-state index in [-0.39, 0.29) is 44.4 Å². The molecule has 0 N–H and O–H groups in total. The van der Waals surface area contributed by atoms with Crippen LogP contribution >= 0.6 is 0 Å². The van der Waals surface area contributed by atoms with E-state index in [2.05, 4.69) is 227 Å². The number of esters is 3. The monoisotopic (exact) mass is 1110 g/mol. The minimum atomic E-state index is -0.864. The summed E-state index contributed by atoms with van der Waals surface area (Å²) >= 11 is 0. The second kappa shape index (κ2) is 66.2. The van der Waals surface area contributed by atoms with E-state index in [1.165, 1.54) is 0 Å². The quantitative estimate of drug-likeness (QED) is 0.0261. The smallest absolute Gasteiger partial charge is 0.306 e. The Morgan fingerprint density at radius 1 is 0.247 bits per heavy atom. The number of allylic oxidation sites excluding steroid dienone is 36. The van der Waals surface area contributed by atoms with Crippen LogP contribution in [0.1, 0.15) is 213 Å². The molecule has 0 bridgehead atoms. The number of carbonyl (C=O) groups is 3. The summed E-state index contributed by atoms with van der Waals surface area (Å²) in [5.41, 5.74) is 0. The second-order valence-corrected chi connectivity index (χ2v) is 19.5. The molecule has 6 nitrogen and oxygen atoms in total. The normalized spacial score (nSPS) is 13.7. The number of carbonyl (C=O) groups excluding carboxylic acids is 3. The molecule has 1 unspecified atom stereocenters. The molecule has 0 amide bonds. The van der Waals surface area contributed by atoms with Gasteiger partial charge in [-0.2, -0.15) is 0 Å². The van der Waals surface area contributed by atoms with Crippen molar-refractivity contribution in [2.75, 3.05) is 13.2 Å². The van der Waals surface area contributed by atoms with Crippen molar-refractivity contribution < 1.29 is 28.6 Å². The van der Waals surface area contributed by atoms with Crippen LogP contribution in [0, 0.1) is 0 Å². The summed E-state index contributed by atoms with van der Waals surface area (Å²) in [6.45, 7) is 6.15. The zero-order valence-corrected chi connectivity index (χ0v) is 50.9. The predicted octanol–water partition coefficient (Wildman–Crippen LogP) is 21.8. The van der Waals surface area contributed by atoms with E-state index in [1.807, 2.05) is 12.2 Å². The van der Waals surface area contributed by atoms with Gasteiger partial charge in [0.15, 0.2) is 6.10 Å². The standard InChI is InChI=1S/C75H110O6/c1-4-7-10-13-16-19-22-25-28-31-34-35-36-37-38-39-42-44-47-50-53-56-59-62-65-68-74(77)80-71-72(81-75(78)69-66-63-60-57-54-51-48-45-41-33-30-27-24-21-18-15-12-9-6-3)70-79-73(76)67-64-61-58-55-52-49-46-43-40-32-29-26-23-20-17-14-11-8-5-2/h7-12,16-21,25-30,34-35,37-38,40-45,49-54,60,63,72H,4-6,13-15,22-24,31-33,36,39,46-48,55-59,61-62,64-71H2,1-3H3/b10-7-,11-8-,12-9-,19-16-,20-17-,21-18-,28-25-,29-26-,30-27-,35-34-,38-37-,43-40-,44-42-,45-41-,52-49-,53-50-,54-51-,63-60-. The summed E-state index contributed by atoms with van der Waals surface area (Å²) in [5, 5.41) is 0. The van der Waals surface area contributed by atoms with Gasteiger partial charge in [0.2, 0.25) is 0 Å². The molecule has 0 saturated carbocycles. The van der Waals surface area contributed by atoms with Crippen molar-refractivity contribution in [2.24, 2.45) is 0 Å². The van der Waals surface area contributed by atoms with Crippen LogP contribution in [0.3, 0.4) is 0 Å². The van der Waals surface area contributed by atoms with Crippen molar-refractivity contribution >= 4 is 17.9 Å². The molecule has 446 valence electrons. The fraction of sp³-hybridized carbons (Fsp3) is 0.480.